The van der Waals surface area contributed by atoms with E-state index in [1.807, 2.05) is 54.8 Å². The monoisotopic (exact) mass is 363 g/mol. The van der Waals surface area contributed by atoms with Crippen molar-refractivity contribution in [3.63, 3.8) is 0 Å². The van der Waals surface area contributed by atoms with Gasteiger partial charge in [0.05, 0.1) is 5.56 Å². The third-order valence-corrected chi connectivity index (χ3v) is 4.45. The fourth-order valence-electron chi connectivity index (χ4n) is 3.12. The number of aryl methyl sites for hydroxylation is 1. The highest BCUT2D eigenvalue weighted by atomic mass is 16.5. The number of nitrogens with zero attached hydrogens (tertiary/aromatic N) is 1. The van der Waals surface area contributed by atoms with Crippen molar-refractivity contribution in [1.82, 2.24) is 4.57 Å². The number of carbonyl (C=O) groups excluding carboxylic acids is 2. The third kappa shape index (κ3) is 3.77. The van der Waals surface area contributed by atoms with Crippen LogP contribution in [0.4, 0.5) is 0 Å². The Balaban J connectivity index is 1.83. The maximum Gasteiger partial charge on any atom is 0.338 e. The number of phenolic OH excluding ortho intramolecular Hbond substituents is 1. The summed E-state index contributed by atoms with van der Waals surface area (Å²) in [5, 5.41) is 9.48. The molecule has 1 atom stereocenters. The predicted molar refractivity (Wildman–Crippen MR) is 103 cm³/mol. The standard InChI is InChI=1S/C22H21NO4/c1-14-12-20(15(2)23(14)18-9-5-4-6-10-18)21(25)16(3)27-22(26)17-8-7-11-19(24)13-17/h4-13,16,24H,1-3H3/t16-/m1/s1. The summed E-state index contributed by atoms with van der Waals surface area (Å²) in [4.78, 5) is 25.1. The van der Waals surface area contributed by atoms with Crippen LogP contribution < -0.4 is 0 Å². The Kier molecular flexibility index (Phi) is 5.12. The normalized spacial score (nSPS) is 11.8. The quantitative estimate of drug-likeness (QED) is 0.544. The molecule has 0 aliphatic carbocycles. The van der Waals surface area contributed by atoms with Gasteiger partial charge in [0.1, 0.15) is 5.75 Å². The number of ketones is 1. The summed E-state index contributed by atoms with van der Waals surface area (Å²) >= 11 is 0. The van der Waals surface area contributed by atoms with Crippen molar-refractivity contribution >= 4 is 11.8 Å². The van der Waals surface area contributed by atoms with E-state index in [1.54, 1.807) is 13.0 Å². The number of benzene rings is 2. The van der Waals surface area contributed by atoms with Crippen LogP contribution in [0, 0.1) is 13.8 Å². The molecule has 1 N–H and O–H groups in total. The summed E-state index contributed by atoms with van der Waals surface area (Å²) in [5.41, 5.74) is 3.41. The largest absolute Gasteiger partial charge is 0.508 e. The molecule has 0 amide bonds. The molecule has 3 aromatic rings. The molecule has 0 unspecified atom stereocenters. The minimum atomic E-state index is -0.940. The van der Waals surface area contributed by atoms with Crippen LogP contribution in [0.2, 0.25) is 0 Å². The van der Waals surface area contributed by atoms with Crippen molar-refractivity contribution in [1.29, 1.82) is 0 Å². The number of aromatic hydroxyl groups is 1. The number of esters is 1. The van der Waals surface area contributed by atoms with Gasteiger partial charge in [-0.2, -0.15) is 0 Å². The molecule has 0 saturated heterocycles. The zero-order valence-corrected chi connectivity index (χ0v) is 15.5. The van der Waals surface area contributed by atoms with E-state index in [9.17, 15) is 14.7 Å². The fraction of sp³-hybridized carbons (Fsp3) is 0.182. The number of Topliss-reactive ketones (excluding diaryl/α,β-unsaturated/α-hetero) is 1. The molecular formula is C22H21NO4. The molecule has 3 rings (SSSR count). The molecule has 0 radical (unpaired) electrons. The Bertz CT molecular complexity index is 989. The van der Waals surface area contributed by atoms with E-state index in [0.29, 0.717) is 5.56 Å². The molecule has 0 saturated carbocycles. The van der Waals surface area contributed by atoms with E-state index in [-0.39, 0.29) is 17.1 Å². The third-order valence-electron chi connectivity index (χ3n) is 4.45. The Hall–Kier alpha value is -3.34. The number of para-hydroxylation sites is 1. The SMILES string of the molecule is Cc1cc(C(=O)[C@@H](C)OC(=O)c2cccc(O)c2)c(C)n1-c1ccccc1. The first-order chi connectivity index (χ1) is 12.9. The van der Waals surface area contributed by atoms with Crippen molar-refractivity contribution in [2.24, 2.45) is 0 Å². The summed E-state index contributed by atoms with van der Waals surface area (Å²) < 4.78 is 7.31. The highest BCUT2D eigenvalue weighted by Gasteiger charge is 2.24. The van der Waals surface area contributed by atoms with Crippen LogP contribution in [0.1, 0.15) is 39.0 Å². The van der Waals surface area contributed by atoms with Crippen LogP contribution in [-0.4, -0.2) is 27.5 Å². The Morgan fingerprint density at radius 2 is 1.70 bits per heavy atom. The fourth-order valence-corrected chi connectivity index (χ4v) is 3.12. The highest BCUT2D eigenvalue weighted by Crippen LogP contribution is 2.23. The Morgan fingerprint density at radius 3 is 2.37 bits per heavy atom. The van der Waals surface area contributed by atoms with E-state index in [2.05, 4.69) is 0 Å². The van der Waals surface area contributed by atoms with E-state index < -0.39 is 12.1 Å². The van der Waals surface area contributed by atoms with Crippen molar-refractivity contribution in [2.75, 3.05) is 0 Å². The van der Waals surface area contributed by atoms with Crippen LogP contribution in [0.5, 0.6) is 5.75 Å². The second-order valence-electron chi connectivity index (χ2n) is 6.42. The maximum absolute atomic E-state index is 12.9. The zero-order valence-electron chi connectivity index (χ0n) is 15.5. The number of rotatable bonds is 5. The van der Waals surface area contributed by atoms with Gasteiger partial charge in [0.2, 0.25) is 5.78 Å². The van der Waals surface area contributed by atoms with Gasteiger partial charge in [-0.1, -0.05) is 24.3 Å². The summed E-state index contributed by atoms with van der Waals surface area (Å²) in [7, 11) is 0. The molecule has 0 fully saturated rings. The summed E-state index contributed by atoms with van der Waals surface area (Å²) in [5.74, 6) is -0.947. The van der Waals surface area contributed by atoms with Gasteiger partial charge in [0.25, 0.3) is 0 Å². The van der Waals surface area contributed by atoms with Crippen LogP contribution >= 0.6 is 0 Å². The van der Waals surface area contributed by atoms with E-state index in [0.717, 1.165) is 17.1 Å². The summed E-state index contributed by atoms with van der Waals surface area (Å²) in [6, 6.07) is 17.4. The van der Waals surface area contributed by atoms with Crippen LogP contribution in [0.25, 0.3) is 5.69 Å². The smallest absolute Gasteiger partial charge is 0.338 e. The highest BCUT2D eigenvalue weighted by molar-refractivity contribution is 6.02. The molecule has 27 heavy (non-hydrogen) atoms. The average Bonchev–Trinajstić information content (AvgIpc) is 2.95. The molecule has 1 aromatic heterocycles. The molecule has 0 aliphatic heterocycles. The number of phenols is 1. The molecule has 5 nitrogen and oxygen atoms in total. The van der Waals surface area contributed by atoms with Gasteiger partial charge in [0.15, 0.2) is 6.10 Å². The molecule has 2 aromatic carbocycles. The van der Waals surface area contributed by atoms with E-state index in [1.165, 1.54) is 18.2 Å². The number of carbonyl (C=O) groups is 2. The van der Waals surface area contributed by atoms with Gasteiger partial charge in [-0.15, -0.1) is 0 Å². The lowest BCUT2D eigenvalue weighted by atomic mass is 10.1. The van der Waals surface area contributed by atoms with Crippen molar-refractivity contribution in [2.45, 2.75) is 26.9 Å². The minimum Gasteiger partial charge on any atom is -0.508 e. The number of aromatic nitrogens is 1. The summed E-state index contributed by atoms with van der Waals surface area (Å²) in [6.45, 7) is 5.36. The van der Waals surface area contributed by atoms with Gasteiger partial charge in [-0.3, -0.25) is 4.79 Å². The molecule has 1 heterocycles. The van der Waals surface area contributed by atoms with Crippen LogP contribution in [0.3, 0.4) is 0 Å². The van der Waals surface area contributed by atoms with E-state index >= 15 is 0 Å². The molecule has 5 heteroatoms. The first-order valence-electron chi connectivity index (χ1n) is 8.67. The second-order valence-corrected chi connectivity index (χ2v) is 6.42. The predicted octanol–water partition coefficient (Wildman–Crippen LogP) is 4.23. The number of hydrogen-bond acceptors (Lipinski definition) is 4. The molecule has 138 valence electrons. The molecular weight excluding hydrogens is 342 g/mol. The molecule has 0 aliphatic rings. The summed E-state index contributed by atoms with van der Waals surface area (Å²) in [6.07, 6.45) is -0.940. The molecule has 0 spiro atoms. The van der Waals surface area contributed by atoms with Gasteiger partial charge in [-0.05, 0) is 57.2 Å². The van der Waals surface area contributed by atoms with Crippen LogP contribution in [-0.2, 0) is 4.74 Å². The first kappa shape index (κ1) is 18.5. The molecule has 0 bridgehead atoms. The lowest BCUT2D eigenvalue weighted by Gasteiger charge is -2.13. The lowest BCUT2D eigenvalue weighted by molar-refractivity contribution is 0.0318. The first-order valence-corrected chi connectivity index (χ1v) is 8.67. The number of hydrogen-bond donors (Lipinski definition) is 1. The van der Waals surface area contributed by atoms with Gasteiger partial charge in [-0.25, -0.2) is 4.79 Å². The van der Waals surface area contributed by atoms with Crippen molar-refractivity contribution in [3.8, 4) is 11.4 Å². The average molecular weight is 363 g/mol. The van der Waals surface area contributed by atoms with Gasteiger partial charge >= 0.3 is 5.97 Å². The van der Waals surface area contributed by atoms with Crippen molar-refractivity contribution < 1.29 is 19.4 Å². The van der Waals surface area contributed by atoms with Gasteiger partial charge in [0, 0.05) is 22.6 Å². The van der Waals surface area contributed by atoms with Crippen LogP contribution in [0.15, 0.2) is 60.7 Å². The Labute approximate surface area is 157 Å². The van der Waals surface area contributed by atoms with Gasteiger partial charge < -0.3 is 14.4 Å². The topological polar surface area (TPSA) is 68.5 Å². The lowest BCUT2D eigenvalue weighted by Crippen LogP contribution is -2.24. The number of ether oxygens (including phenoxy) is 1. The zero-order chi connectivity index (χ0) is 19.6. The van der Waals surface area contributed by atoms with E-state index in [4.69, 9.17) is 4.74 Å². The maximum atomic E-state index is 12.9. The minimum absolute atomic E-state index is 0.0326. The Morgan fingerprint density at radius 1 is 1.00 bits per heavy atom. The second kappa shape index (κ2) is 7.50. The van der Waals surface area contributed by atoms with Crippen molar-refractivity contribution in [3.05, 3.63) is 83.2 Å².